The van der Waals surface area contributed by atoms with Gasteiger partial charge in [0, 0.05) is 50.6 Å². The number of aromatic nitrogens is 3. The minimum absolute atomic E-state index is 0.00810. The van der Waals surface area contributed by atoms with E-state index in [-0.39, 0.29) is 59.0 Å². The van der Waals surface area contributed by atoms with E-state index in [1.165, 1.54) is 30.5 Å². The number of carbonyl (C=O) groups excluding carboxylic acids is 1. The van der Waals surface area contributed by atoms with E-state index in [2.05, 4.69) is 35.7 Å². The fraction of sp³-hybridized carbons (Fsp3) is 0.412. The molecule has 2 bridgehead atoms. The Labute approximate surface area is 271 Å². The molecule has 47 heavy (non-hydrogen) atoms. The first kappa shape index (κ1) is 33.7. The van der Waals surface area contributed by atoms with E-state index in [0.717, 1.165) is 10.6 Å². The Morgan fingerprint density at radius 3 is 2.74 bits per heavy atom. The number of ether oxygens (including phenoxy) is 2. The van der Waals surface area contributed by atoms with Gasteiger partial charge in [-0.05, 0) is 56.3 Å². The van der Waals surface area contributed by atoms with Crippen LogP contribution in [0.3, 0.4) is 0 Å². The number of hydrogen-bond donors (Lipinski definition) is 2. The number of pyridine rings is 1. The Hall–Kier alpha value is -4.62. The number of rotatable bonds is 8. The molecule has 1 saturated heterocycles. The number of nitrogens with one attached hydrogen (secondary N) is 1. The van der Waals surface area contributed by atoms with Gasteiger partial charge >= 0.3 is 5.69 Å². The molecule has 1 aromatic carbocycles. The molecule has 2 aliphatic heterocycles. The Morgan fingerprint density at radius 1 is 1.26 bits per heavy atom. The van der Waals surface area contributed by atoms with Crippen LogP contribution in [-0.4, -0.2) is 88.1 Å². The molecule has 0 radical (unpaired) electrons. The van der Waals surface area contributed by atoms with Crippen molar-refractivity contribution in [2.24, 2.45) is 5.92 Å². The van der Waals surface area contributed by atoms with Crippen LogP contribution in [0.2, 0.25) is 0 Å². The highest BCUT2D eigenvalue weighted by Gasteiger charge is 2.31. The maximum absolute atomic E-state index is 16.1. The van der Waals surface area contributed by atoms with Crippen LogP contribution in [0.4, 0.5) is 14.6 Å². The number of benzene rings is 1. The lowest BCUT2D eigenvalue weighted by atomic mass is 10.0. The van der Waals surface area contributed by atoms with Crippen LogP contribution >= 0.6 is 0 Å². The highest BCUT2D eigenvalue weighted by atomic mass is 19.1. The average Bonchev–Trinajstić information content (AvgIpc) is 3.04. The number of carbonyl (C=O) groups is 1. The number of piperazine rings is 1. The number of hydrogen-bond acceptors (Lipinski definition) is 9. The summed E-state index contributed by atoms with van der Waals surface area (Å²) in [7, 11) is 0. The van der Waals surface area contributed by atoms with Crippen molar-refractivity contribution in [1.82, 2.24) is 24.8 Å². The molecule has 3 aromatic rings. The molecule has 11 nitrogen and oxygen atoms in total. The van der Waals surface area contributed by atoms with Gasteiger partial charge in [0.25, 0.3) is 0 Å². The Bertz CT molecular complexity index is 1770. The van der Waals surface area contributed by atoms with Gasteiger partial charge in [0.15, 0.2) is 11.5 Å². The molecule has 2 aliphatic rings. The van der Waals surface area contributed by atoms with Crippen molar-refractivity contribution in [2.75, 3.05) is 44.3 Å². The highest BCUT2D eigenvalue weighted by Crippen LogP contribution is 2.37. The van der Waals surface area contributed by atoms with Crippen molar-refractivity contribution in [1.29, 1.82) is 0 Å². The molecule has 4 heterocycles. The summed E-state index contributed by atoms with van der Waals surface area (Å²) in [6, 6.07) is 4.92. The predicted octanol–water partition coefficient (Wildman–Crippen LogP) is 3.72. The van der Waals surface area contributed by atoms with E-state index in [1.807, 2.05) is 11.8 Å². The minimum Gasteiger partial charge on any atom is -0.490 e. The second kappa shape index (κ2) is 14.4. The standard InChI is InChI=1S/C34H40F2N6O5/c1-6-28(44)40-13-14-41(21(5)17-40)33-23-15-25(36)30-29-24(35)9-8-10-27(29)47-19-26(43)31(46-7-2)22(11-12-37-16-20(3)4)18-42(32(23)38-30)34(45)39-33/h6,8-12,15,18,20-21,26,31,37,43H,1,7,13-14,16-17,19H2,2-5H3/b12-11-,22-18?/t21-,26?,31?/m0/s1. The number of aliphatic hydroxyl groups is 1. The number of aliphatic hydroxyl groups excluding tert-OH is 1. The Kier molecular flexibility index (Phi) is 10.4. The molecule has 1 fully saturated rings. The summed E-state index contributed by atoms with van der Waals surface area (Å²) >= 11 is 0. The molecule has 250 valence electrons. The van der Waals surface area contributed by atoms with Gasteiger partial charge in [-0.1, -0.05) is 26.5 Å². The Balaban J connectivity index is 1.78. The summed E-state index contributed by atoms with van der Waals surface area (Å²) in [5.41, 5.74) is -0.964. The maximum Gasteiger partial charge on any atom is 0.355 e. The zero-order valence-electron chi connectivity index (χ0n) is 27.0. The van der Waals surface area contributed by atoms with Gasteiger partial charge < -0.3 is 29.7 Å². The first-order valence-electron chi connectivity index (χ1n) is 15.7. The van der Waals surface area contributed by atoms with E-state index in [4.69, 9.17) is 9.47 Å². The lowest BCUT2D eigenvalue weighted by Gasteiger charge is -2.40. The molecule has 2 N–H and O–H groups in total. The van der Waals surface area contributed by atoms with Crippen molar-refractivity contribution < 1.29 is 28.2 Å². The molecule has 13 heteroatoms. The Morgan fingerprint density at radius 2 is 2.04 bits per heavy atom. The lowest BCUT2D eigenvalue weighted by Crippen LogP contribution is -2.54. The van der Waals surface area contributed by atoms with Crippen LogP contribution in [0.5, 0.6) is 5.75 Å². The van der Waals surface area contributed by atoms with Crippen LogP contribution in [-0.2, 0) is 9.53 Å². The minimum atomic E-state index is -1.27. The molecule has 0 spiro atoms. The monoisotopic (exact) mass is 650 g/mol. The SMILES string of the molecule is C=CC(=O)N1CCN(c2nc(=O)n3c4nc(c(F)cc24)-c2c(F)cccc2OCC(O)C(OCC)C(/C=C\NCC(C)C)=C3)[C@@H](C)C1. The van der Waals surface area contributed by atoms with E-state index >= 15 is 8.78 Å². The third-order valence-corrected chi connectivity index (χ3v) is 8.06. The predicted molar refractivity (Wildman–Crippen MR) is 176 cm³/mol. The molecule has 1 amide bonds. The largest absolute Gasteiger partial charge is 0.490 e. The van der Waals surface area contributed by atoms with Crippen molar-refractivity contribution in [3.63, 3.8) is 0 Å². The van der Waals surface area contributed by atoms with E-state index < -0.39 is 29.5 Å². The number of halogens is 2. The number of fused-ring (bicyclic) bond motifs is 3. The molecule has 0 aliphatic carbocycles. The van der Waals surface area contributed by atoms with Crippen LogP contribution in [0, 0.1) is 17.6 Å². The zero-order valence-corrected chi connectivity index (χ0v) is 27.0. The highest BCUT2D eigenvalue weighted by molar-refractivity contribution is 5.91. The second-order valence-corrected chi connectivity index (χ2v) is 11.9. The summed E-state index contributed by atoms with van der Waals surface area (Å²) in [6.07, 6.45) is 3.82. The molecule has 2 aromatic heterocycles. The second-order valence-electron chi connectivity index (χ2n) is 11.9. The van der Waals surface area contributed by atoms with Gasteiger partial charge in [0.1, 0.15) is 41.9 Å². The van der Waals surface area contributed by atoms with Crippen LogP contribution in [0.1, 0.15) is 27.7 Å². The summed E-state index contributed by atoms with van der Waals surface area (Å²) in [6.45, 7) is 12.8. The van der Waals surface area contributed by atoms with Crippen molar-refractivity contribution in [2.45, 2.75) is 45.9 Å². The van der Waals surface area contributed by atoms with E-state index in [0.29, 0.717) is 37.7 Å². The van der Waals surface area contributed by atoms with Crippen LogP contribution < -0.4 is 20.6 Å². The van der Waals surface area contributed by atoms with Crippen molar-refractivity contribution in [3.05, 3.63) is 76.9 Å². The van der Waals surface area contributed by atoms with Gasteiger partial charge in [-0.25, -0.2) is 18.6 Å². The molecular formula is C34H40F2N6O5. The normalized spacial score (nSPS) is 20.1. The summed E-state index contributed by atoms with van der Waals surface area (Å²) in [5, 5.41) is 14.7. The van der Waals surface area contributed by atoms with Gasteiger partial charge in [0.2, 0.25) is 5.91 Å². The van der Waals surface area contributed by atoms with Crippen LogP contribution in [0.15, 0.2) is 59.6 Å². The third-order valence-electron chi connectivity index (χ3n) is 8.06. The summed E-state index contributed by atoms with van der Waals surface area (Å²) < 4.78 is 44.5. The molecular weight excluding hydrogens is 610 g/mol. The average molecular weight is 651 g/mol. The van der Waals surface area contributed by atoms with Crippen molar-refractivity contribution in [3.8, 4) is 17.0 Å². The first-order chi connectivity index (χ1) is 22.5. The number of anilines is 1. The zero-order chi connectivity index (χ0) is 33.8. The van der Waals surface area contributed by atoms with Gasteiger partial charge in [-0.3, -0.25) is 9.36 Å². The lowest BCUT2D eigenvalue weighted by molar-refractivity contribution is -0.126. The smallest absolute Gasteiger partial charge is 0.355 e. The molecule has 2 unspecified atom stereocenters. The van der Waals surface area contributed by atoms with E-state index in [1.54, 1.807) is 24.1 Å². The number of nitrogens with zero attached hydrogens (tertiary/aromatic N) is 5. The first-order valence-corrected chi connectivity index (χ1v) is 15.7. The molecule has 3 atom stereocenters. The van der Waals surface area contributed by atoms with Crippen LogP contribution in [0.25, 0.3) is 28.5 Å². The van der Waals surface area contributed by atoms with Gasteiger partial charge in [-0.15, -0.1) is 0 Å². The third kappa shape index (κ3) is 7.05. The van der Waals surface area contributed by atoms with Crippen molar-refractivity contribution >= 4 is 29.0 Å². The topological polar surface area (TPSA) is 122 Å². The van der Waals surface area contributed by atoms with Gasteiger partial charge in [0.05, 0.1) is 10.9 Å². The molecule has 0 saturated carbocycles. The fourth-order valence-corrected chi connectivity index (χ4v) is 5.78. The fourth-order valence-electron chi connectivity index (χ4n) is 5.78. The maximum atomic E-state index is 16.1. The summed E-state index contributed by atoms with van der Waals surface area (Å²) in [4.78, 5) is 38.7. The van der Waals surface area contributed by atoms with Gasteiger partial charge in [-0.2, -0.15) is 4.98 Å². The molecule has 5 rings (SSSR count). The summed E-state index contributed by atoms with van der Waals surface area (Å²) in [5.74, 6) is -1.37. The van der Waals surface area contributed by atoms with E-state index in [9.17, 15) is 14.7 Å². The quantitative estimate of drug-likeness (QED) is 0.352. The number of amides is 1.